The van der Waals surface area contributed by atoms with Gasteiger partial charge in [-0.3, -0.25) is 0 Å². The van der Waals surface area contributed by atoms with Gasteiger partial charge in [-0.05, 0) is 59.4 Å². The Kier molecular flexibility index (Phi) is 12.1. The molecule has 15 nitrogen and oxygen atoms in total. The highest BCUT2D eigenvalue weighted by molar-refractivity contribution is 6.32. The molecule has 5 rings (SSSR count). The molecule has 2 aromatic heterocycles. The number of H-pyrrole nitrogens is 1. The van der Waals surface area contributed by atoms with Gasteiger partial charge < -0.3 is 23.6 Å². The average molecular weight is 704 g/mol. The summed E-state index contributed by atoms with van der Waals surface area (Å²) in [6.45, 7) is 2.32. The van der Waals surface area contributed by atoms with Crippen LogP contribution in [0.3, 0.4) is 0 Å². The van der Waals surface area contributed by atoms with Crippen molar-refractivity contribution in [3.05, 3.63) is 105 Å². The summed E-state index contributed by atoms with van der Waals surface area (Å²) in [6, 6.07) is 19.9. The monoisotopic (exact) mass is 703 g/mol. The molecular formula is C34H34ClN7O8. The van der Waals surface area contributed by atoms with Crippen molar-refractivity contribution >= 4 is 23.5 Å². The summed E-state index contributed by atoms with van der Waals surface area (Å²) in [5, 5.41) is 23.8. The summed E-state index contributed by atoms with van der Waals surface area (Å²) in [4.78, 5) is 45.3. The molecule has 0 amide bonds. The van der Waals surface area contributed by atoms with Gasteiger partial charge in [-0.2, -0.15) is 5.21 Å². The van der Waals surface area contributed by atoms with Crippen LogP contribution in [-0.4, -0.2) is 67.5 Å². The molecule has 1 N–H and O–H groups in total. The summed E-state index contributed by atoms with van der Waals surface area (Å²) >= 11 is 6.58. The summed E-state index contributed by atoms with van der Waals surface area (Å²) in [6.07, 6.45) is 3.07. The van der Waals surface area contributed by atoms with E-state index in [0.717, 1.165) is 35.1 Å². The molecule has 260 valence electrons. The Morgan fingerprint density at radius 3 is 2.42 bits per heavy atom. The quantitative estimate of drug-likeness (QED) is 0.0383. The molecule has 0 aliphatic carbocycles. The fourth-order valence-electron chi connectivity index (χ4n) is 5.15. The summed E-state index contributed by atoms with van der Waals surface area (Å²) in [7, 11) is 1.38. The van der Waals surface area contributed by atoms with Crippen LogP contribution in [0.1, 0.15) is 64.8 Å². The van der Waals surface area contributed by atoms with E-state index < -0.39 is 17.0 Å². The first kappa shape index (κ1) is 35.5. The van der Waals surface area contributed by atoms with E-state index in [4.69, 9.17) is 25.8 Å². The predicted molar refractivity (Wildman–Crippen MR) is 180 cm³/mol. The highest BCUT2D eigenvalue weighted by atomic mass is 35.5. The molecule has 5 aromatic rings. The van der Waals surface area contributed by atoms with Gasteiger partial charge in [0.15, 0.2) is 22.3 Å². The number of imidazole rings is 1. The molecule has 0 fully saturated rings. The predicted octanol–water partition coefficient (Wildman–Crippen LogP) is 6.15. The van der Waals surface area contributed by atoms with Crippen LogP contribution in [0.2, 0.25) is 5.15 Å². The molecule has 0 aliphatic heterocycles. The number of aromatic nitrogens is 6. The summed E-state index contributed by atoms with van der Waals surface area (Å²) in [5.74, 6) is -0.0658. The number of esters is 2. The van der Waals surface area contributed by atoms with Crippen molar-refractivity contribution < 1.29 is 33.7 Å². The van der Waals surface area contributed by atoms with Gasteiger partial charge in [0.2, 0.25) is 5.82 Å². The molecule has 0 radical (unpaired) electrons. The Morgan fingerprint density at radius 2 is 1.72 bits per heavy atom. The number of unbranched alkanes of at least 4 members (excludes halogenated alkanes) is 2. The maximum Gasteiger partial charge on any atom is 0.363 e. The normalized spacial score (nSPS) is 10.9. The van der Waals surface area contributed by atoms with Crippen LogP contribution in [0, 0.1) is 10.1 Å². The number of ether oxygens (including phenoxy) is 3. The Bertz CT molecular complexity index is 1930. The van der Waals surface area contributed by atoms with Gasteiger partial charge in [0.05, 0.1) is 25.9 Å². The Hall–Kier alpha value is -5.83. The largest absolute Gasteiger partial charge is 0.493 e. The molecule has 50 heavy (non-hydrogen) atoms. The third-order valence-corrected chi connectivity index (χ3v) is 7.90. The molecule has 16 heteroatoms. The van der Waals surface area contributed by atoms with E-state index in [1.165, 1.54) is 25.3 Å². The van der Waals surface area contributed by atoms with Gasteiger partial charge in [-0.1, -0.05) is 73.5 Å². The second kappa shape index (κ2) is 17.0. The van der Waals surface area contributed by atoms with Crippen LogP contribution < -0.4 is 9.47 Å². The van der Waals surface area contributed by atoms with E-state index in [0.29, 0.717) is 37.5 Å². The van der Waals surface area contributed by atoms with E-state index >= 15 is 0 Å². The van der Waals surface area contributed by atoms with Crippen LogP contribution in [0.5, 0.6) is 11.5 Å². The topological polar surface area (TPSA) is 186 Å². The molecule has 0 aliphatic rings. The number of rotatable bonds is 17. The molecule has 3 aromatic carbocycles. The van der Waals surface area contributed by atoms with E-state index in [2.05, 4.69) is 37.4 Å². The number of benzene rings is 3. The number of methoxy groups -OCH3 is 1. The molecule has 0 atom stereocenters. The Balaban J connectivity index is 1.33. The van der Waals surface area contributed by atoms with Crippen LogP contribution in [0.25, 0.3) is 22.5 Å². The molecule has 2 heterocycles. The highest BCUT2D eigenvalue weighted by Gasteiger charge is 2.26. The van der Waals surface area contributed by atoms with Crippen LogP contribution in [-0.2, 0) is 22.5 Å². The maximum atomic E-state index is 13.7. The molecule has 0 bridgehead atoms. The van der Waals surface area contributed by atoms with Crippen molar-refractivity contribution in [2.24, 2.45) is 0 Å². The fraction of sp³-hybridized carbons (Fsp3) is 0.294. The van der Waals surface area contributed by atoms with Crippen molar-refractivity contribution in [2.45, 2.75) is 45.6 Å². The number of hydrogen-bond acceptors (Lipinski definition) is 12. The van der Waals surface area contributed by atoms with Crippen molar-refractivity contribution in [1.82, 2.24) is 30.2 Å². The number of tetrazole rings is 1. The number of aryl methyl sites for hydroxylation is 1. The SMILES string of the molecule is CCCCc1nc(Cl)c(C(=O)Oc2ccc(C(=O)OCCCCO[N+](=O)[O-])cc2OC)n1Cc1ccc(-c2ccccc2-c2nn[nH]n2)cc1. The van der Waals surface area contributed by atoms with Crippen molar-refractivity contribution in [3.63, 3.8) is 0 Å². The average Bonchev–Trinajstić information content (AvgIpc) is 3.77. The van der Waals surface area contributed by atoms with Gasteiger partial charge in [0, 0.05) is 18.5 Å². The van der Waals surface area contributed by atoms with Gasteiger partial charge in [-0.25, -0.2) is 14.6 Å². The zero-order valence-corrected chi connectivity index (χ0v) is 28.1. The molecular weight excluding hydrogens is 670 g/mol. The van der Waals surface area contributed by atoms with Crippen LogP contribution in [0.4, 0.5) is 0 Å². The van der Waals surface area contributed by atoms with Crippen molar-refractivity contribution in [1.29, 1.82) is 0 Å². The number of nitrogens with one attached hydrogen (secondary N) is 1. The van der Waals surface area contributed by atoms with Gasteiger partial charge in [0.25, 0.3) is 5.09 Å². The molecule has 0 saturated heterocycles. The van der Waals surface area contributed by atoms with Crippen molar-refractivity contribution in [3.8, 4) is 34.0 Å². The van der Waals surface area contributed by atoms with E-state index in [1.807, 2.05) is 48.5 Å². The number of carbonyl (C=O) groups excluding carboxylic acids is 2. The highest BCUT2D eigenvalue weighted by Crippen LogP contribution is 2.32. The molecule has 0 saturated carbocycles. The third kappa shape index (κ3) is 8.79. The molecule has 0 spiro atoms. The summed E-state index contributed by atoms with van der Waals surface area (Å²) in [5.41, 5.74) is 3.86. The fourth-order valence-corrected chi connectivity index (χ4v) is 5.43. The minimum absolute atomic E-state index is 0.00883. The van der Waals surface area contributed by atoms with Gasteiger partial charge >= 0.3 is 11.9 Å². The standard InChI is InChI=1S/C34H34ClN7O8/c1-3-4-11-29-36-31(35)30(34(44)50-27-17-16-24(20-28(27)47-2)33(43)48-18-7-8-19-49-42(45)46)41(29)21-22-12-14-23(15-13-22)25-9-5-6-10-26(25)32-37-39-40-38-32/h5-6,9-10,12-17,20H,3-4,7-8,11,18-19,21H2,1-2H3,(H,37,38,39,40). The second-order valence-electron chi connectivity index (χ2n) is 11.0. The van der Waals surface area contributed by atoms with Crippen LogP contribution in [0.15, 0.2) is 66.7 Å². The number of carbonyl (C=O) groups is 2. The van der Waals surface area contributed by atoms with Gasteiger partial charge in [0.1, 0.15) is 5.82 Å². The zero-order chi connectivity index (χ0) is 35.5. The third-order valence-electron chi connectivity index (χ3n) is 7.64. The number of nitrogens with zero attached hydrogens (tertiary/aromatic N) is 6. The lowest BCUT2D eigenvalue weighted by Crippen LogP contribution is -2.18. The second-order valence-corrected chi connectivity index (χ2v) is 11.3. The van der Waals surface area contributed by atoms with E-state index in [9.17, 15) is 19.7 Å². The number of aromatic amines is 1. The summed E-state index contributed by atoms with van der Waals surface area (Å²) < 4.78 is 18.2. The zero-order valence-electron chi connectivity index (χ0n) is 27.3. The van der Waals surface area contributed by atoms with Crippen molar-refractivity contribution in [2.75, 3.05) is 20.3 Å². The Morgan fingerprint density at radius 1 is 0.960 bits per heavy atom. The molecule has 0 unspecified atom stereocenters. The number of hydrogen-bond donors (Lipinski definition) is 1. The smallest absolute Gasteiger partial charge is 0.363 e. The van der Waals surface area contributed by atoms with E-state index in [1.54, 1.807) is 4.57 Å². The first-order chi connectivity index (χ1) is 24.3. The van der Waals surface area contributed by atoms with Crippen LogP contribution >= 0.6 is 11.6 Å². The Labute approximate surface area is 291 Å². The number of halogens is 1. The van der Waals surface area contributed by atoms with Gasteiger partial charge in [-0.15, -0.1) is 20.3 Å². The minimum atomic E-state index is -0.875. The minimum Gasteiger partial charge on any atom is -0.493 e. The lowest BCUT2D eigenvalue weighted by molar-refractivity contribution is -0.757. The van der Waals surface area contributed by atoms with E-state index in [-0.39, 0.29) is 41.1 Å². The first-order valence-corrected chi connectivity index (χ1v) is 16.2. The lowest BCUT2D eigenvalue weighted by atomic mass is 9.98. The maximum absolute atomic E-state index is 13.7. The first-order valence-electron chi connectivity index (χ1n) is 15.8. The lowest BCUT2D eigenvalue weighted by Gasteiger charge is -2.14.